The van der Waals surface area contributed by atoms with Gasteiger partial charge in [-0.25, -0.2) is 12.7 Å². The number of hydrogen-bond donors (Lipinski definition) is 0. The van der Waals surface area contributed by atoms with Crippen molar-refractivity contribution in [3.8, 4) is 5.75 Å². The second-order valence-corrected chi connectivity index (χ2v) is 8.13. The molecule has 1 heterocycles. The summed E-state index contributed by atoms with van der Waals surface area (Å²) >= 11 is 0. The van der Waals surface area contributed by atoms with E-state index in [-0.39, 0.29) is 10.6 Å². The van der Waals surface area contributed by atoms with Gasteiger partial charge in [-0.2, -0.15) is 4.73 Å². The first-order valence-corrected chi connectivity index (χ1v) is 10.4. The van der Waals surface area contributed by atoms with Crippen molar-refractivity contribution < 1.29 is 22.7 Å². The van der Waals surface area contributed by atoms with Gasteiger partial charge in [0, 0.05) is 19.1 Å². The van der Waals surface area contributed by atoms with Gasteiger partial charge in [0.05, 0.1) is 17.7 Å². The van der Waals surface area contributed by atoms with Crippen molar-refractivity contribution in [2.45, 2.75) is 11.8 Å². The number of para-hydroxylation sites is 1. The molecule has 0 saturated heterocycles. The van der Waals surface area contributed by atoms with E-state index in [2.05, 4.69) is 0 Å². The Kier molecular flexibility index (Phi) is 6.17. The molecule has 0 bridgehead atoms. The molecule has 3 aromatic rings. The van der Waals surface area contributed by atoms with Crippen LogP contribution in [0.15, 0.2) is 78.0 Å². The Hall–Kier alpha value is -3.65. The van der Waals surface area contributed by atoms with Gasteiger partial charge >= 0.3 is 0 Å². The van der Waals surface area contributed by atoms with Crippen molar-refractivity contribution in [3.63, 3.8) is 0 Å². The Morgan fingerprint density at radius 1 is 1.00 bits per heavy atom. The summed E-state index contributed by atoms with van der Waals surface area (Å²) in [7, 11) is -2.66. The lowest BCUT2D eigenvalue weighted by molar-refractivity contribution is -0.605. The third-order valence-electron chi connectivity index (χ3n) is 4.32. The fraction of sp³-hybridized carbons (Fsp3) is 0.0909. The summed E-state index contributed by atoms with van der Waals surface area (Å²) in [6, 6.07) is 15.8. The number of rotatable bonds is 6. The fourth-order valence-corrected chi connectivity index (χ4v) is 4.31. The third kappa shape index (κ3) is 4.49. The van der Waals surface area contributed by atoms with Gasteiger partial charge in [-0.3, -0.25) is 4.79 Å². The second kappa shape index (κ2) is 8.79. The Morgan fingerprint density at radius 3 is 2.23 bits per heavy atom. The summed E-state index contributed by atoms with van der Waals surface area (Å²) in [5.41, 5.74) is 1.51. The molecule has 154 valence electrons. The van der Waals surface area contributed by atoms with Gasteiger partial charge < -0.3 is 9.94 Å². The number of nitrogens with zero attached hydrogens (tertiary/aromatic N) is 2. The van der Waals surface area contributed by atoms with E-state index in [0.717, 1.165) is 9.87 Å². The molecule has 30 heavy (non-hydrogen) atoms. The normalized spacial score (nSPS) is 11.4. The average molecular weight is 424 g/mol. The first-order chi connectivity index (χ1) is 14.3. The van der Waals surface area contributed by atoms with Crippen LogP contribution in [-0.2, 0) is 14.8 Å². The molecule has 0 unspecified atom stereocenters. The monoisotopic (exact) mass is 424 g/mol. The van der Waals surface area contributed by atoms with Gasteiger partial charge in [-0.05, 0) is 41.5 Å². The van der Waals surface area contributed by atoms with Crippen LogP contribution in [0.1, 0.15) is 18.1 Å². The largest absolute Gasteiger partial charge is 0.619 e. The van der Waals surface area contributed by atoms with E-state index in [1.54, 1.807) is 48.6 Å². The van der Waals surface area contributed by atoms with Crippen LogP contribution in [0.3, 0.4) is 0 Å². The highest BCUT2D eigenvalue weighted by Gasteiger charge is 2.29. The number of sulfonamides is 1. The van der Waals surface area contributed by atoms with E-state index in [9.17, 15) is 18.4 Å². The summed E-state index contributed by atoms with van der Waals surface area (Å²) in [6.07, 6.45) is 6.15. The van der Waals surface area contributed by atoms with Crippen LogP contribution in [0.25, 0.3) is 12.2 Å². The summed E-state index contributed by atoms with van der Waals surface area (Å²) < 4.78 is 33.0. The quantitative estimate of drug-likeness (QED) is 0.448. The second-order valence-electron chi connectivity index (χ2n) is 6.35. The van der Waals surface area contributed by atoms with Gasteiger partial charge in [0.2, 0.25) is 5.91 Å². The maximum absolute atomic E-state index is 13.2. The Bertz CT molecular complexity index is 1170. The van der Waals surface area contributed by atoms with E-state index in [4.69, 9.17) is 4.74 Å². The zero-order valence-electron chi connectivity index (χ0n) is 16.4. The maximum Gasteiger partial charge on any atom is 0.270 e. The molecular formula is C22H20N2O5S. The SMILES string of the molecule is COc1ccc(S(=O)(=O)N(C(C)=O)c2ccccc2/C=C\c2cc[n+]([O-])cc2)cc1. The van der Waals surface area contributed by atoms with E-state index in [1.807, 2.05) is 0 Å². The molecular weight excluding hydrogens is 404 g/mol. The molecule has 3 rings (SSSR count). The van der Waals surface area contributed by atoms with E-state index < -0.39 is 15.9 Å². The number of carbonyl (C=O) groups is 1. The van der Waals surface area contributed by atoms with E-state index in [1.165, 1.54) is 50.7 Å². The number of anilines is 1. The first-order valence-electron chi connectivity index (χ1n) is 8.99. The zero-order valence-corrected chi connectivity index (χ0v) is 17.2. The molecule has 0 spiro atoms. The van der Waals surface area contributed by atoms with Gasteiger partial charge in [0.1, 0.15) is 5.75 Å². The lowest BCUT2D eigenvalue weighted by Gasteiger charge is -2.23. The van der Waals surface area contributed by atoms with Crippen LogP contribution in [0.2, 0.25) is 0 Å². The molecule has 1 amide bonds. The smallest absolute Gasteiger partial charge is 0.270 e. The van der Waals surface area contributed by atoms with Crippen molar-refractivity contribution in [2.24, 2.45) is 0 Å². The Balaban J connectivity index is 2.04. The number of benzene rings is 2. The van der Waals surface area contributed by atoms with Crippen LogP contribution in [-0.4, -0.2) is 21.4 Å². The van der Waals surface area contributed by atoms with Crippen molar-refractivity contribution in [1.29, 1.82) is 0 Å². The summed E-state index contributed by atoms with van der Waals surface area (Å²) in [5.74, 6) is -0.132. The average Bonchev–Trinajstić information content (AvgIpc) is 2.74. The van der Waals surface area contributed by atoms with E-state index in [0.29, 0.717) is 16.0 Å². The number of pyridine rings is 1. The van der Waals surface area contributed by atoms with Crippen LogP contribution in [0.5, 0.6) is 5.75 Å². The molecule has 0 atom stereocenters. The van der Waals surface area contributed by atoms with Gasteiger partial charge in [0.15, 0.2) is 12.4 Å². The fourth-order valence-electron chi connectivity index (χ4n) is 2.86. The van der Waals surface area contributed by atoms with Crippen LogP contribution in [0.4, 0.5) is 5.69 Å². The summed E-state index contributed by atoms with van der Waals surface area (Å²) in [4.78, 5) is 12.4. The lowest BCUT2D eigenvalue weighted by atomic mass is 10.1. The third-order valence-corrected chi connectivity index (χ3v) is 6.12. The van der Waals surface area contributed by atoms with E-state index >= 15 is 0 Å². The first kappa shape index (κ1) is 21.1. The predicted molar refractivity (Wildman–Crippen MR) is 114 cm³/mol. The number of aromatic nitrogens is 1. The minimum atomic E-state index is -4.14. The highest BCUT2D eigenvalue weighted by atomic mass is 32.2. The molecule has 2 aromatic carbocycles. The highest BCUT2D eigenvalue weighted by molar-refractivity contribution is 7.93. The number of hydrogen-bond acceptors (Lipinski definition) is 5. The standard InChI is InChI=1S/C22H20N2O5S/c1-17(25)24(30(27,28)21-11-9-20(29-2)10-12-21)22-6-4-3-5-19(22)8-7-18-13-15-23(26)16-14-18/h3-16H,1-2H3/b8-7-. The number of methoxy groups -OCH3 is 1. The molecule has 0 aliphatic carbocycles. The van der Waals surface area contributed by atoms with Gasteiger partial charge in [-0.15, -0.1) is 0 Å². The molecule has 0 fully saturated rings. The Labute approximate surface area is 175 Å². The summed E-state index contributed by atoms with van der Waals surface area (Å²) in [6.45, 7) is 1.20. The molecule has 1 aromatic heterocycles. The molecule has 0 saturated carbocycles. The van der Waals surface area contributed by atoms with Crippen molar-refractivity contribution in [2.75, 3.05) is 11.4 Å². The molecule has 0 N–H and O–H groups in total. The van der Waals surface area contributed by atoms with Crippen molar-refractivity contribution in [1.82, 2.24) is 0 Å². The molecule has 0 radical (unpaired) electrons. The Morgan fingerprint density at radius 2 is 1.63 bits per heavy atom. The minimum absolute atomic E-state index is 0.0275. The van der Waals surface area contributed by atoms with Gasteiger partial charge in [-0.1, -0.05) is 30.4 Å². The summed E-state index contributed by atoms with van der Waals surface area (Å²) in [5, 5.41) is 11.2. The maximum atomic E-state index is 13.2. The topological polar surface area (TPSA) is 90.6 Å². The zero-order chi connectivity index (χ0) is 21.7. The molecule has 8 heteroatoms. The van der Waals surface area contributed by atoms with Crippen LogP contribution >= 0.6 is 0 Å². The van der Waals surface area contributed by atoms with Crippen LogP contribution < -0.4 is 13.8 Å². The molecule has 0 aliphatic heterocycles. The number of amides is 1. The van der Waals surface area contributed by atoms with Crippen molar-refractivity contribution in [3.05, 3.63) is 89.4 Å². The van der Waals surface area contributed by atoms with Gasteiger partial charge in [0.25, 0.3) is 10.0 Å². The predicted octanol–water partition coefficient (Wildman–Crippen LogP) is 3.24. The highest BCUT2D eigenvalue weighted by Crippen LogP contribution is 2.29. The molecule has 0 aliphatic rings. The lowest BCUT2D eigenvalue weighted by Crippen LogP contribution is -2.35. The molecule has 7 nitrogen and oxygen atoms in total. The minimum Gasteiger partial charge on any atom is -0.619 e. The van der Waals surface area contributed by atoms with Crippen LogP contribution in [0, 0.1) is 5.21 Å². The number of ether oxygens (including phenoxy) is 1. The van der Waals surface area contributed by atoms with Crippen molar-refractivity contribution >= 4 is 33.8 Å². The number of carbonyl (C=O) groups excluding carboxylic acids is 1.